The van der Waals surface area contributed by atoms with Crippen molar-refractivity contribution in [3.8, 4) is 0 Å². The van der Waals surface area contributed by atoms with Crippen LogP contribution in [0.25, 0.3) is 0 Å². The van der Waals surface area contributed by atoms with Crippen molar-refractivity contribution in [3.63, 3.8) is 0 Å². The number of likely N-dealkylation sites (N-methyl/N-ethyl adjacent to an activating group) is 2. The summed E-state index contributed by atoms with van der Waals surface area (Å²) in [4.78, 5) is 15.5. The molecule has 3 nitrogen and oxygen atoms in total. The molecule has 1 aromatic carbocycles. The first kappa shape index (κ1) is 14.2. The van der Waals surface area contributed by atoms with Gasteiger partial charge in [0.1, 0.15) is 0 Å². The predicted molar refractivity (Wildman–Crippen MR) is 75.6 cm³/mol. The number of amides is 1. The van der Waals surface area contributed by atoms with Crippen LogP contribution in [0.3, 0.4) is 0 Å². The van der Waals surface area contributed by atoms with Gasteiger partial charge in [-0.25, -0.2) is 0 Å². The Morgan fingerprint density at radius 1 is 1.18 bits per heavy atom. The number of carbonyl (C=O) groups excluding carboxylic acids is 1. The number of halogens is 1. The first-order valence-electron chi connectivity index (χ1n) is 5.51. The fourth-order valence-electron chi connectivity index (χ4n) is 1.64. The minimum atomic E-state index is 0.0936. The molecule has 0 aromatic heterocycles. The van der Waals surface area contributed by atoms with Crippen LogP contribution in [0.5, 0.6) is 0 Å². The number of carbonyl (C=O) groups is 1. The number of benzene rings is 1. The molecule has 1 aromatic rings. The molecule has 0 fully saturated rings. The molecule has 4 heteroatoms. The molecule has 1 rings (SSSR count). The molecule has 0 aliphatic heterocycles. The largest absolute Gasteiger partial charge is 0.314 e. The quantitative estimate of drug-likeness (QED) is 0.856. The number of anilines is 1. The monoisotopic (exact) mass is 298 g/mol. The van der Waals surface area contributed by atoms with Crippen molar-refractivity contribution in [1.82, 2.24) is 4.90 Å². The molecule has 0 radical (unpaired) electrons. The van der Waals surface area contributed by atoms with E-state index in [4.69, 9.17) is 0 Å². The molecule has 0 heterocycles. The molecule has 0 aliphatic rings. The van der Waals surface area contributed by atoms with E-state index in [0.29, 0.717) is 6.54 Å². The first-order valence-corrected chi connectivity index (χ1v) is 6.30. The summed E-state index contributed by atoms with van der Waals surface area (Å²) in [7, 11) is 5.60. The van der Waals surface area contributed by atoms with Gasteiger partial charge in [-0.2, -0.15) is 0 Å². The van der Waals surface area contributed by atoms with Crippen LogP contribution in [0.15, 0.2) is 16.6 Å². The third-order valence-electron chi connectivity index (χ3n) is 2.63. The number of nitrogens with zero attached hydrogens (tertiary/aromatic N) is 2. The maximum absolute atomic E-state index is 11.9. The van der Waals surface area contributed by atoms with Gasteiger partial charge in [0.05, 0.1) is 6.54 Å². The molecule has 0 saturated carbocycles. The fraction of sp³-hybridized carbons (Fsp3) is 0.462. The molecule has 0 aliphatic carbocycles. The molecule has 0 spiro atoms. The SMILES string of the molecule is Cc1cc(N(C)C(=O)CN(C)C)cc(C)c1Br. The van der Waals surface area contributed by atoms with Crippen molar-refractivity contribution < 1.29 is 4.79 Å². The van der Waals surface area contributed by atoms with Gasteiger partial charge in [-0.05, 0) is 51.2 Å². The number of aryl methyl sites for hydroxylation is 2. The van der Waals surface area contributed by atoms with Crippen molar-refractivity contribution in [3.05, 3.63) is 27.7 Å². The van der Waals surface area contributed by atoms with Gasteiger partial charge in [-0.15, -0.1) is 0 Å². The lowest BCUT2D eigenvalue weighted by molar-refractivity contribution is -0.118. The van der Waals surface area contributed by atoms with Crippen molar-refractivity contribution in [1.29, 1.82) is 0 Å². The average Bonchev–Trinajstić information content (AvgIpc) is 2.23. The molecule has 0 unspecified atom stereocenters. The zero-order valence-electron chi connectivity index (χ0n) is 11.0. The highest BCUT2D eigenvalue weighted by Crippen LogP contribution is 2.26. The Morgan fingerprint density at radius 2 is 1.65 bits per heavy atom. The summed E-state index contributed by atoms with van der Waals surface area (Å²) in [6.07, 6.45) is 0. The topological polar surface area (TPSA) is 23.6 Å². The van der Waals surface area contributed by atoms with E-state index in [9.17, 15) is 4.79 Å². The van der Waals surface area contributed by atoms with Gasteiger partial charge in [-0.3, -0.25) is 4.79 Å². The highest BCUT2D eigenvalue weighted by atomic mass is 79.9. The van der Waals surface area contributed by atoms with Crippen LogP contribution in [0, 0.1) is 13.8 Å². The Kier molecular flexibility index (Phi) is 4.71. The van der Waals surface area contributed by atoms with E-state index in [-0.39, 0.29) is 5.91 Å². The normalized spacial score (nSPS) is 10.8. The third-order valence-corrected chi connectivity index (χ3v) is 3.88. The molecule has 0 N–H and O–H groups in total. The van der Waals surface area contributed by atoms with E-state index in [1.54, 1.807) is 4.90 Å². The van der Waals surface area contributed by atoms with Crippen LogP contribution in [0.1, 0.15) is 11.1 Å². The Balaban J connectivity index is 2.97. The van der Waals surface area contributed by atoms with Gasteiger partial charge >= 0.3 is 0 Å². The zero-order chi connectivity index (χ0) is 13.2. The molecule has 0 atom stereocenters. The maximum atomic E-state index is 11.9. The second-order valence-electron chi connectivity index (χ2n) is 4.58. The number of rotatable bonds is 3. The summed E-state index contributed by atoms with van der Waals surface area (Å²) in [5, 5.41) is 0. The second-order valence-corrected chi connectivity index (χ2v) is 5.38. The molecule has 17 heavy (non-hydrogen) atoms. The summed E-state index contributed by atoms with van der Waals surface area (Å²) in [6, 6.07) is 4.04. The van der Waals surface area contributed by atoms with Crippen LogP contribution >= 0.6 is 15.9 Å². The number of hydrogen-bond donors (Lipinski definition) is 0. The van der Waals surface area contributed by atoms with Gasteiger partial charge in [-0.1, -0.05) is 15.9 Å². The Labute approximate surface area is 112 Å². The molecular formula is C13H19BrN2O. The van der Waals surface area contributed by atoms with Gasteiger partial charge in [0.2, 0.25) is 5.91 Å². The highest BCUT2D eigenvalue weighted by Gasteiger charge is 2.13. The Bertz CT molecular complexity index is 406. The lowest BCUT2D eigenvalue weighted by Gasteiger charge is -2.21. The molecule has 94 valence electrons. The zero-order valence-corrected chi connectivity index (χ0v) is 12.6. The Morgan fingerprint density at radius 3 is 2.06 bits per heavy atom. The van der Waals surface area contributed by atoms with Crippen LogP contribution in [-0.2, 0) is 4.79 Å². The average molecular weight is 299 g/mol. The lowest BCUT2D eigenvalue weighted by atomic mass is 10.1. The summed E-state index contributed by atoms with van der Waals surface area (Å²) >= 11 is 3.53. The molecule has 0 bridgehead atoms. The number of hydrogen-bond acceptors (Lipinski definition) is 2. The summed E-state index contributed by atoms with van der Waals surface area (Å²) < 4.78 is 1.11. The van der Waals surface area contributed by atoms with E-state index in [1.807, 2.05) is 52.0 Å². The van der Waals surface area contributed by atoms with Crippen molar-refractivity contribution in [2.24, 2.45) is 0 Å². The molecular weight excluding hydrogens is 280 g/mol. The predicted octanol–water partition coefficient (Wildman–Crippen LogP) is 2.59. The van der Waals surface area contributed by atoms with E-state index in [2.05, 4.69) is 15.9 Å². The third kappa shape index (κ3) is 3.54. The van der Waals surface area contributed by atoms with E-state index in [1.165, 1.54) is 0 Å². The van der Waals surface area contributed by atoms with Gasteiger partial charge in [0.25, 0.3) is 0 Å². The van der Waals surface area contributed by atoms with E-state index in [0.717, 1.165) is 21.3 Å². The maximum Gasteiger partial charge on any atom is 0.240 e. The van der Waals surface area contributed by atoms with Gasteiger partial charge in [0.15, 0.2) is 0 Å². The van der Waals surface area contributed by atoms with E-state index < -0.39 is 0 Å². The van der Waals surface area contributed by atoms with Gasteiger partial charge < -0.3 is 9.80 Å². The van der Waals surface area contributed by atoms with Crippen LogP contribution in [0.4, 0.5) is 5.69 Å². The smallest absolute Gasteiger partial charge is 0.240 e. The Hall–Kier alpha value is -0.870. The van der Waals surface area contributed by atoms with Crippen LogP contribution < -0.4 is 4.90 Å². The summed E-state index contributed by atoms with van der Waals surface area (Å²) in [6.45, 7) is 4.49. The highest BCUT2D eigenvalue weighted by molar-refractivity contribution is 9.10. The van der Waals surface area contributed by atoms with E-state index >= 15 is 0 Å². The summed E-state index contributed by atoms with van der Waals surface area (Å²) in [5.74, 6) is 0.0936. The second kappa shape index (κ2) is 5.65. The first-order chi connectivity index (χ1) is 7.82. The van der Waals surface area contributed by atoms with Crippen LogP contribution in [-0.4, -0.2) is 38.5 Å². The summed E-state index contributed by atoms with van der Waals surface area (Å²) in [5.41, 5.74) is 3.23. The fourth-order valence-corrected chi connectivity index (χ4v) is 1.87. The van der Waals surface area contributed by atoms with Crippen molar-refractivity contribution in [2.45, 2.75) is 13.8 Å². The van der Waals surface area contributed by atoms with Gasteiger partial charge in [0, 0.05) is 17.2 Å². The van der Waals surface area contributed by atoms with Crippen molar-refractivity contribution in [2.75, 3.05) is 32.6 Å². The lowest BCUT2D eigenvalue weighted by Crippen LogP contribution is -2.35. The van der Waals surface area contributed by atoms with Crippen molar-refractivity contribution >= 4 is 27.5 Å². The minimum Gasteiger partial charge on any atom is -0.314 e. The minimum absolute atomic E-state index is 0.0936. The molecule has 0 saturated heterocycles. The standard InChI is InChI=1S/C13H19BrN2O/c1-9-6-11(7-10(2)13(9)14)16(5)12(17)8-15(3)4/h6-7H,8H2,1-5H3. The molecule has 1 amide bonds. The van der Waals surface area contributed by atoms with Crippen LogP contribution in [0.2, 0.25) is 0 Å².